The topological polar surface area (TPSA) is 69.6 Å². The van der Waals surface area contributed by atoms with Crippen LogP contribution in [-0.4, -0.2) is 28.0 Å². The fourth-order valence-electron chi connectivity index (χ4n) is 1.49. The van der Waals surface area contributed by atoms with Gasteiger partial charge < -0.3 is 10.2 Å². The molecule has 3 N–H and O–H groups in total. The van der Waals surface area contributed by atoms with E-state index in [1.54, 1.807) is 6.07 Å². The van der Waals surface area contributed by atoms with Gasteiger partial charge in [-0.15, -0.1) is 11.8 Å². The zero-order valence-electron chi connectivity index (χ0n) is 8.18. The molecule has 1 aliphatic heterocycles. The molecule has 86 valence electrons. The van der Waals surface area contributed by atoms with Gasteiger partial charge in [-0.05, 0) is 17.7 Å². The number of aliphatic carboxylic acids is 1. The highest BCUT2D eigenvalue weighted by molar-refractivity contribution is 7.99. The van der Waals surface area contributed by atoms with Crippen molar-refractivity contribution in [2.24, 2.45) is 0 Å². The number of aromatic hydroxyl groups is 1. The number of benzene rings is 1. The molecule has 1 saturated heterocycles. The minimum absolute atomic E-state index is 0.240. The Balaban J connectivity index is 2.14. The largest absolute Gasteiger partial charge is 0.505 e. The number of carboxylic acids is 1. The number of carboxylic acid groups (broad SMARTS) is 1. The summed E-state index contributed by atoms with van der Waals surface area (Å²) in [7, 11) is 0. The fraction of sp³-hybridized carbons (Fsp3) is 0.300. The maximum Gasteiger partial charge on any atom is 0.321 e. The first-order chi connectivity index (χ1) is 7.58. The number of rotatable bonds is 2. The third-order valence-electron chi connectivity index (χ3n) is 2.35. The number of phenolic OH excluding ortho intramolecular Hbond substituents is 1. The van der Waals surface area contributed by atoms with Crippen molar-refractivity contribution in [3.63, 3.8) is 0 Å². The van der Waals surface area contributed by atoms with Crippen molar-refractivity contribution >= 4 is 17.7 Å². The Kier molecular flexibility index (Phi) is 3.02. The maximum atomic E-state index is 13.1. The molecule has 6 heteroatoms. The van der Waals surface area contributed by atoms with Crippen LogP contribution < -0.4 is 5.32 Å². The highest BCUT2D eigenvalue weighted by atomic mass is 32.2. The molecule has 2 atom stereocenters. The maximum absolute atomic E-state index is 13.1. The summed E-state index contributed by atoms with van der Waals surface area (Å²) in [5, 5.41) is 20.4. The molecule has 1 aliphatic rings. The van der Waals surface area contributed by atoms with E-state index in [1.165, 1.54) is 23.9 Å². The smallest absolute Gasteiger partial charge is 0.321 e. The Labute approximate surface area is 95.5 Å². The van der Waals surface area contributed by atoms with Gasteiger partial charge in [0.25, 0.3) is 0 Å². The van der Waals surface area contributed by atoms with E-state index in [2.05, 4.69) is 5.32 Å². The van der Waals surface area contributed by atoms with Gasteiger partial charge in [0.1, 0.15) is 6.04 Å². The van der Waals surface area contributed by atoms with E-state index in [4.69, 9.17) is 10.2 Å². The van der Waals surface area contributed by atoms with Crippen LogP contribution in [0.2, 0.25) is 0 Å². The Morgan fingerprint density at radius 3 is 2.88 bits per heavy atom. The fourth-order valence-corrected chi connectivity index (χ4v) is 2.72. The SMILES string of the molecule is O=C(O)[C@H]1CSC(c2ccc(O)c(F)c2)N1. The number of carbonyl (C=O) groups is 1. The van der Waals surface area contributed by atoms with Crippen LogP contribution in [0.15, 0.2) is 18.2 Å². The van der Waals surface area contributed by atoms with Crippen molar-refractivity contribution in [3.8, 4) is 5.75 Å². The summed E-state index contributed by atoms with van der Waals surface area (Å²) < 4.78 is 13.1. The first-order valence-electron chi connectivity index (χ1n) is 4.67. The van der Waals surface area contributed by atoms with E-state index in [-0.39, 0.29) is 5.37 Å². The number of hydrogen-bond donors (Lipinski definition) is 3. The van der Waals surface area contributed by atoms with Crippen LogP contribution in [0.5, 0.6) is 5.75 Å². The summed E-state index contributed by atoms with van der Waals surface area (Å²) in [6.07, 6.45) is 0. The number of phenols is 1. The summed E-state index contributed by atoms with van der Waals surface area (Å²) in [4.78, 5) is 10.7. The van der Waals surface area contributed by atoms with Crippen molar-refractivity contribution in [3.05, 3.63) is 29.6 Å². The van der Waals surface area contributed by atoms with Crippen LogP contribution >= 0.6 is 11.8 Å². The van der Waals surface area contributed by atoms with E-state index in [0.29, 0.717) is 11.3 Å². The van der Waals surface area contributed by atoms with Crippen molar-refractivity contribution in [1.29, 1.82) is 0 Å². The summed E-state index contributed by atoms with van der Waals surface area (Å²) >= 11 is 1.41. The molecular weight excluding hydrogens is 233 g/mol. The lowest BCUT2D eigenvalue weighted by Gasteiger charge is -2.11. The minimum atomic E-state index is -0.908. The van der Waals surface area contributed by atoms with E-state index in [0.717, 1.165) is 0 Å². The molecule has 0 saturated carbocycles. The monoisotopic (exact) mass is 243 g/mol. The van der Waals surface area contributed by atoms with E-state index in [9.17, 15) is 9.18 Å². The van der Waals surface area contributed by atoms with E-state index in [1.807, 2.05) is 0 Å². The molecule has 0 aromatic heterocycles. The van der Waals surface area contributed by atoms with Gasteiger partial charge in [0.2, 0.25) is 0 Å². The van der Waals surface area contributed by atoms with Crippen LogP contribution in [0.25, 0.3) is 0 Å². The Morgan fingerprint density at radius 2 is 2.31 bits per heavy atom. The third-order valence-corrected chi connectivity index (χ3v) is 3.62. The molecule has 1 unspecified atom stereocenters. The minimum Gasteiger partial charge on any atom is -0.505 e. The van der Waals surface area contributed by atoms with Crippen molar-refractivity contribution in [1.82, 2.24) is 5.32 Å². The molecule has 1 heterocycles. The molecule has 0 amide bonds. The number of hydrogen-bond acceptors (Lipinski definition) is 4. The lowest BCUT2D eigenvalue weighted by Crippen LogP contribution is -2.33. The molecule has 0 radical (unpaired) electrons. The van der Waals surface area contributed by atoms with Gasteiger partial charge >= 0.3 is 5.97 Å². The van der Waals surface area contributed by atoms with Crippen LogP contribution in [0.1, 0.15) is 10.9 Å². The molecular formula is C10H10FNO3S. The molecule has 0 bridgehead atoms. The number of nitrogens with one attached hydrogen (secondary N) is 1. The van der Waals surface area contributed by atoms with Crippen LogP contribution in [0.3, 0.4) is 0 Å². The highest BCUT2D eigenvalue weighted by Gasteiger charge is 2.30. The van der Waals surface area contributed by atoms with E-state index >= 15 is 0 Å². The van der Waals surface area contributed by atoms with Crippen molar-refractivity contribution in [2.75, 3.05) is 5.75 Å². The van der Waals surface area contributed by atoms with Gasteiger partial charge in [-0.25, -0.2) is 4.39 Å². The first-order valence-corrected chi connectivity index (χ1v) is 5.71. The average Bonchev–Trinajstić information content (AvgIpc) is 2.71. The molecule has 2 rings (SSSR count). The quantitative estimate of drug-likeness (QED) is 0.731. The van der Waals surface area contributed by atoms with Crippen molar-refractivity contribution in [2.45, 2.75) is 11.4 Å². The second kappa shape index (κ2) is 4.31. The lowest BCUT2D eigenvalue weighted by atomic mass is 10.2. The molecule has 16 heavy (non-hydrogen) atoms. The summed E-state index contributed by atoms with van der Waals surface area (Å²) in [6, 6.07) is 3.45. The molecule has 1 aromatic carbocycles. The Hall–Kier alpha value is -1.27. The van der Waals surface area contributed by atoms with Gasteiger partial charge in [-0.1, -0.05) is 6.07 Å². The number of halogens is 1. The number of thioether (sulfide) groups is 1. The van der Waals surface area contributed by atoms with Crippen molar-refractivity contribution < 1.29 is 19.4 Å². The summed E-state index contributed by atoms with van der Waals surface area (Å²) in [5.41, 5.74) is 0.629. The van der Waals surface area contributed by atoms with Gasteiger partial charge in [0.15, 0.2) is 11.6 Å². The van der Waals surface area contributed by atoms with Gasteiger partial charge in [-0.3, -0.25) is 10.1 Å². The predicted octanol–water partition coefficient (Wildman–Crippen LogP) is 1.32. The van der Waals surface area contributed by atoms with Gasteiger partial charge in [-0.2, -0.15) is 0 Å². The molecule has 0 aliphatic carbocycles. The summed E-state index contributed by atoms with van der Waals surface area (Å²) in [5.74, 6) is -1.56. The van der Waals surface area contributed by atoms with Gasteiger partial charge in [0.05, 0.1) is 5.37 Å². The zero-order valence-corrected chi connectivity index (χ0v) is 9.00. The first kappa shape index (κ1) is 11.2. The second-order valence-electron chi connectivity index (χ2n) is 3.48. The molecule has 4 nitrogen and oxygen atoms in total. The lowest BCUT2D eigenvalue weighted by molar-refractivity contribution is -0.138. The highest BCUT2D eigenvalue weighted by Crippen LogP contribution is 2.34. The standard InChI is InChI=1S/C10H10FNO3S/c11-6-3-5(1-2-8(6)13)9-12-7(4-16-9)10(14)15/h1-3,7,9,12-13H,4H2,(H,14,15)/t7-,9?/m1/s1. The van der Waals surface area contributed by atoms with Crippen LogP contribution in [0, 0.1) is 5.82 Å². The average molecular weight is 243 g/mol. The zero-order chi connectivity index (χ0) is 11.7. The van der Waals surface area contributed by atoms with Crippen LogP contribution in [-0.2, 0) is 4.79 Å². The third kappa shape index (κ3) is 2.12. The van der Waals surface area contributed by atoms with E-state index < -0.39 is 23.6 Å². The molecule has 1 fully saturated rings. The van der Waals surface area contributed by atoms with Crippen LogP contribution in [0.4, 0.5) is 4.39 Å². The van der Waals surface area contributed by atoms with Gasteiger partial charge in [0, 0.05) is 5.75 Å². The Bertz CT molecular complexity index is 427. The Morgan fingerprint density at radius 1 is 1.56 bits per heavy atom. The normalized spacial score (nSPS) is 24.6. The predicted molar refractivity (Wildman–Crippen MR) is 57.8 cm³/mol. The summed E-state index contributed by atoms with van der Waals surface area (Å²) in [6.45, 7) is 0. The molecule has 1 aromatic rings. The second-order valence-corrected chi connectivity index (χ2v) is 4.62. The molecule has 0 spiro atoms.